The molecule has 1 heterocycles. The second-order valence-corrected chi connectivity index (χ2v) is 7.06. The highest BCUT2D eigenvalue weighted by Gasteiger charge is 2.23. The predicted molar refractivity (Wildman–Crippen MR) is 106 cm³/mol. The summed E-state index contributed by atoms with van der Waals surface area (Å²) in [6.07, 6.45) is 0.790. The summed E-state index contributed by atoms with van der Waals surface area (Å²) >= 11 is 1.36. The second-order valence-electron chi connectivity index (χ2n) is 5.84. The van der Waals surface area contributed by atoms with Gasteiger partial charge in [0.2, 0.25) is 5.91 Å². The van der Waals surface area contributed by atoms with Gasteiger partial charge < -0.3 is 15.4 Å². The molecule has 0 unspecified atom stereocenters. The van der Waals surface area contributed by atoms with Crippen molar-refractivity contribution >= 4 is 34.1 Å². The summed E-state index contributed by atoms with van der Waals surface area (Å²) in [6.45, 7) is 6.11. The van der Waals surface area contributed by atoms with E-state index in [9.17, 15) is 14.4 Å². The van der Waals surface area contributed by atoms with Crippen LogP contribution < -0.4 is 10.6 Å². The minimum atomic E-state index is -0.425. The highest BCUT2D eigenvalue weighted by atomic mass is 32.1. The molecule has 0 saturated heterocycles. The van der Waals surface area contributed by atoms with Crippen molar-refractivity contribution in [1.82, 2.24) is 5.32 Å². The molecule has 2 aromatic rings. The predicted octanol–water partition coefficient (Wildman–Crippen LogP) is 3.55. The molecule has 27 heavy (non-hydrogen) atoms. The van der Waals surface area contributed by atoms with Crippen LogP contribution in [-0.4, -0.2) is 30.9 Å². The average molecular weight is 388 g/mol. The number of rotatable bonds is 8. The fraction of sp³-hybridized carbons (Fsp3) is 0.350. The van der Waals surface area contributed by atoms with Gasteiger partial charge in [-0.3, -0.25) is 9.59 Å². The molecule has 2 N–H and O–H groups in total. The first-order valence-electron chi connectivity index (χ1n) is 8.90. The molecular formula is C20H24N2O4S. The summed E-state index contributed by atoms with van der Waals surface area (Å²) in [6, 6.07) is 8.81. The lowest BCUT2D eigenvalue weighted by Crippen LogP contribution is -2.27. The van der Waals surface area contributed by atoms with Gasteiger partial charge in [-0.2, -0.15) is 0 Å². The molecule has 0 bridgehead atoms. The van der Waals surface area contributed by atoms with Crippen LogP contribution >= 0.6 is 11.3 Å². The number of hydrogen-bond donors (Lipinski definition) is 2. The van der Waals surface area contributed by atoms with Gasteiger partial charge >= 0.3 is 5.97 Å². The molecule has 0 aliphatic carbocycles. The molecule has 0 saturated carbocycles. The van der Waals surface area contributed by atoms with E-state index in [0.717, 1.165) is 10.4 Å². The first-order valence-corrected chi connectivity index (χ1v) is 9.72. The third kappa shape index (κ3) is 5.40. The quantitative estimate of drug-likeness (QED) is 0.677. The van der Waals surface area contributed by atoms with Crippen molar-refractivity contribution in [2.24, 2.45) is 0 Å². The van der Waals surface area contributed by atoms with Gasteiger partial charge in [0, 0.05) is 23.4 Å². The normalized spacial score (nSPS) is 10.3. The Morgan fingerprint density at radius 2 is 1.81 bits per heavy atom. The van der Waals surface area contributed by atoms with Crippen LogP contribution in [0.1, 0.15) is 51.4 Å². The summed E-state index contributed by atoms with van der Waals surface area (Å²) in [5.74, 6) is -0.917. The molecule has 1 aromatic heterocycles. The largest absolute Gasteiger partial charge is 0.462 e. The average Bonchev–Trinajstić information content (AvgIpc) is 2.97. The van der Waals surface area contributed by atoms with Gasteiger partial charge in [0.1, 0.15) is 5.00 Å². The van der Waals surface area contributed by atoms with Crippen LogP contribution in [-0.2, 0) is 16.0 Å². The van der Waals surface area contributed by atoms with E-state index in [1.165, 1.54) is 11.3 Å². The summed E-state index contributed by atoms with van der Waals surface area (Å²) in [5.41, 5.74) is 1.87. The van der Waals surface area contributed by atoms with Crippen molar-refractivity contribution in [1.29, 1.82) is 0 Å². The molecule has 0 aliphatic heterocycles. The summed E-state index contributed by atoms with van der Waals surface area (Å²) in [5, 5.41) is 6.00. The van der Waals surface area contributed by atoms with E-state index in [2.05, 4.69) is 10.6 Å². The van der Waals surface area contributed by atoms with E-state index in [0.29, 0.717) is 22.5 Å². The number of carbonyl (C=O) groups excluding carboxylic acids is 3. The van der Waals surface area contributed by atoms with Gasteiger partial charge in [-0.05, 0) is 38.0 Å². The van der Waals surface area contributed by atoms with Crippen molar-refractivity contribution < 1.29 is 19.1 Å². The number of aryl methyl sites for hydroxylation is 1. The minimum absolute atomic E-state index is 0.110. The van der Waals surface area contributed by atoms with E-state index in [-0.39, 0.29) is 31.4 Å². The molecular weight excluding hydrogens is 364 g/mol. The Balaban J connectivity index is 1.97. The van der Waals surface area contributed by atoms with Crippen LogP contribution in [0, 0.1) is 6.92 Å². The molecule has 6 nitrogen and oxygen atoms in total. The summed E-state index contributed by atoms with van der Waals surface area (Å²) in [4.78, 5) is 37.5. The first-order chi connectivity index (χ1) is 13.0. The monoisotopic (exact) mass is 388 g/mol. The van der Waals surface area contributed by atoms with E-state index in [4.69, 9.17) is 4.74 Å². The Morgan fingerprint density at radius 1 is 1.11 bits per heavy atom. The maximum Gasteiger partial charge on any atom is 0.341 e. The van der Waals surface area contributed by atoms with Crippen LogP contribution in [0.25, 0.3) is 0 Å². The molecule has 0 aliphatic rings. The Labute approximate surface area is 162 Å². The third-order valence-electron chi connectivity index (χ3n) is 3.97. The fourth-order valence-corrected chi connectivity index (χ4v) is 3.83. The van der Waals surface area contributed by atoms with Crippen molar-refractivity contribution in [2.75, 3.05) is 18.5 Å². The van der Waals surface area contributed by atoms with Crippen LogP contribution in [0.2, 0.25) is 0 Å². The number of amides is 2. The third-order valence-corrected chi connectivity index (χ3v) is 5.03. The van der Waals surface area contributed by atoms with E-state index in [1.54, 1.807) is 31.2 Å². The van der Waals surface area contributed by atoms with E-state index in [1.807, 2.05) is 19.9 Å². The molecule has 7 heteroatoms. The standard InChI is InChI=1S/C20H24N2O4S/c1-4-15-13(3)27-19(17(15)20(25)26-5-2)22-16(23)11-12-21-18(24)14-9-7-6-8-10-14/h6-10H,4-5,11-12H2,1-3H3,(H,21,24)(H,22,23). The first kappa shape index (κ1) is 20.6. The highest BCUT2D eigenvalue weighted by Crippen LogP contribution is 2.34. The number of esters is 1. The maximum atomic E-state index is 12.3. The Kier molecular flexibility index (Phi) is 7.55. The summed E-state index contributed by atoms with van der Waals surface area (Å²) < 4.78 is 5.13. The van der Waals surface area contributed by atoms with Gasteiger partial charge in [0.05, 0.1) is 12.2 Å². The highest BCUT2D eigenvalue weighted by molar-refractivity contribution is 7.16. The van der Waals surface area contributed by atoms with Crippen molar-refractivity contribution in [3.8, 4) is 0 Å². The van der Waals surface area contributed by atoms with Crippen LogP contribution in [0.3, 0.4) is 0 Å². The summed E-state index contributed by atoms with van der Waals surface area (Å²) in [7, 11) is 0. The molecule has 0 radical (unpaired) electrons. The zero-order valence-corrected chi connectivity index (χ0v) is 16.6. The number of thiophene rings is 1. The van der Waals surface area contributed by atoms with Gasteiger partial charge in [-0.15, -0.1) is 11.3 Å². The smallest absolute Gasteiger partial charge is 0.341 e. The lowest BCUT2D eigenvalue weighted by atomic mass is 10.1. The van der Waals surface area contributed by atoms with Gasteiger partial charge in [-0.25, -0.2) is 4.79 Å². The number of hydrogen-bond acceptors (Lipinski definition) is 5. The zero-order chi connectivity index (χ0) is 19.8. The second kappa shape index (κ2) is 9.87. The SMILES string of the molecule is CCOC(=O)c1c(NC(=O)CCNC(=O)c2ccccc2)sc(C)c1CC. The molecule has 1 aromatic carbocycles. The topological polar surface area (TPSA) is 84.5 Å². The molecule has 0 spiro atoms. The van der Waals surface area contributed by atoms with Crippen molar-refractivity contribution in [3.05, 3.63) is 51.9 Å². The number of anilines is 1. The van der Waals surface area contributed by atoms with Crippen LogP contribution in [0.5, 0.6) is 0 Å². The molecule has 144 valence electrons. The lowest BCUT2D eigenvalue weighted by Gasteiger charge is -2.08. The number of benzene rings is 1. The maximum absolute atomic E-state index is 12.3. The minimum Gasteiger partial charge on any atom is -0.462 e. The van der Waals surface area contributed by atoms with Gasteiger partial charge in [0.25, 0.3) is 5.91 Å². The molecule has 0 atom stereocenters. The Morgan fingerprint density at radius 3 is 2.44 bits per heavy atom. The Hall–Kier alpha value is -2.67. The molecule has 0 fully saturated rings. The van der Waals surface area contributed by atoms with Crippen molar-refractivity contribution in [2.45, 2.75) is 33.6 Å². The zero-order valence-electron chi connectivity index (χ0n) is 15.8. The van der Waals surface area contributed by atoms with Crippen LogP contribution in [0.15, 0.2) is 30.3 Å². The Bertz CT molecular complexity index is 815. The number of ether oxygens (including phenoxy) is 1. The molecule has 2 amide bonds. The lowest BCUT2D eigenvalue weighted by molar-refractivity contribution is -0.116. The van der Waals surface area contributed by atoms with Crippen molar-refractivity contribution in [3.63, 3.8) is 0 Å². The van der Waals surface area contributed by atoms with Crippen LogP contribution in [0.4, 0.5) is 5.00 Å². The number of carbonyl (C=O) groups is 3. The fourth-order valence-electron chi connectivity index (χ4n) is 2.68. The van der Waals surface area contributed by atoms with Gasteiger partial charge in [-0.1, -0.05) is 25.1 Å². The molecule has 2 rings (SSSR count). The number of nitrogens with one attached hydrogen (secondary N) is 2. The van der Waals surface area contributed by atoms with E-state index < -0.39 is 5.97 Å². The van der Waals surface area contributed by atoms with E-state index >= 15 is 0 Å². The van der Waals surface area contributed by atoms with Gasteiger partial charge in [0.15, 0.2) is 0 Å².